The molecule has 30 heavy (non-hydrogen) atoms. The lowest BCUT2D eigenvalue weighted by Crippen LogP contribution is -2.24. The molecule has 0 bridgehead atoms. The average Bonchev–Trinajstić information content (AvgIpc) is 2.70. The topological polar surface area (TPSA) is 102 Å². The van der Waals surface area contributed by atoms with Crippen LogP contribution in [-0.4, -0.2) is 45.5 Å². The van der Waals surface area contributed by atoms with Crippen molar-refractivity contribution in [3.05, 3.63) is 59.2 Å². The van der Waals surface area contributed by atoms with Gasteiger partial charge in [-0.15, -0.1) is 0 Å². The Kier molecular flexibility index (Phi) is 6.99. The number of anilines is 1. The number of carboxylic acids is 1. The lowest BCUT2D eigenvalue weighted by molar-refractivity contribution is -0.148. The number of aliphatic carboxylic acids is 1. The van der Waals surface area contributed by atoms with E-state index in [1.807, 2.05) is 36.4 Å². The summed E-state index contributed by atoms with van der Waals surface area (Å²) in [6.07, 6.45) is 3.35. The van der Waals surface area contributed by atoms with Gasteiger partial charge in [-0.05, 0) is 66.1 Å². The Morgan fingerprint density at radius 2 is 1.93 bits per heavy atom. The molecule has 1 aliphatic rings. The zero-order valence-electron chi connectivity index (χ0n) is 17.1. The maximum atomic E-state index is 11.3. The highest BCUT2D eigenvalue weighted by Crippen LogP contribution is 2.29. The van der Waals surface area contributed by atoms with Gasteiger partial charge in [0.25, 0.3) is 0 Å². The molecule has 8 heteroatoms. The molecule has 7 nitrogen and oxygen atoms in total. The van der Waals surface area contributed by atoms with Crippen molar-refractivity contribution in [2.45, 2.75) is 31.8 Å². The molecule has 0 saturated heterocycles. The van der Waals surface area contributed by atoms with Crippen LogP contribution in [0.3, 0.4) is 0 Å². The molecular formula is C22H27NO6S. The first-order valence-electron chi connectivity index (χ1n) is 9.83. The van der Waals surface area contributed by atoms with Gasteiger partial charge in [-0.3, -0.25) is 0 Å². The quantitative estimate of drug-likeness (QED) is 0.586. The van der Waals surface area contributed by atoms with Crippen LogP contribution < -0.4 is 9.50 Å². The highest BCUT2D eigenvalue weighted by atomic mass is 32.2. The Balaban J connectivity index is 1.53. The minimum Gasteiger partial charge on any atom is -0.479 e. The molecule has 2 atom stereocenters. The smallest absolute Gasteiger partial charge is 0.333 e. The molecule has 0 aromatic heterocycles. The second-order valence-electron chi connectivity index (χ2n) is 7.67. The molecule has 0 saturated carbocycles. The number of fused-ring (bicyclic) bond motifs is 1. The standard InChI is InChI=1S/C22H27NO6S/c1-28-21(22(24)25)12-15-4-8-19(9-5-15)23-14-16-3-6-18-13-20(29-30(2,26)27)10-7-17(18)11-16/h4-5,7-10,13,16,21,23H,3,6,11-12,14H2,1-2H3,(H,24,25)/t16?,21-/m0/s1. The number of nitrogens with one attached hydrogen (secondary N) is 1. The van der Waals surface area contributed by atoms with Crippen LogP contribution in [0, 0.1) is 5.92 Å². The van der Waals surface area contributed by atoms with E-state index in [0.717, 1.165) is 48.9 Å². The largest absolute Gasteiger partial charge is 0.479 e. The molecule has 0 aliphatic heterocycles. The van der Waals surface area contributed by atoms with Crippen molar-refractivity contribution in [1.82, 2.24) is 0 Å². The fourth-order valence-corrected chi connectivity index (χ4v) is 4.17. The molecule has 0 radical (unpaired) electrons. The van der Waals surface area contributed by atoms with Gasteiger partial charge in [0.2, 0.25) is 0 Å². The fourth-order valence-electron chi connectivity index (χ4n) is 3.71. The van der Waals surface area contributed by atoms with Gasteiger partial charge >= 0.3 is 16.1 Å². The lowest BCUT2D eigenvalue weighted by atomic mass is 9.84. The zero-order chi connectivity index (χ0) is 21.7. The van der Waals surface area contributed by atoms with Crippen molar-refractivity contribution >= 4 is 21.8 Å². The number of hydrogen-bond acceptors (Lipinski definition) is 6. The van der Waals surface area contributed by atoms with E-state index < -0.39 is 22.2 Å². The monoisotopic (exact) mass is 433 g/mol. The van der Waals surface area contributed by atoms with Gasteiger partial charge in [0.15, 0.2) is 6.10 Å². The summed E-state index contributed by atoms with van der Waals surface area (Å²) in [4.78, 5) is 11.1. The SMILES string of the molecule is CO[C@@H](Cc1ccc(NCC2CCc3cc(OS(C)(=O)=O)ccc3C2)cc1)C(=O)O. The van der Waals surface area contributed by atoms with Crippen LogP contribution in [0.15, 0.2) is 42.5 Å². The van der Waals surface area contributed by atoms with E-state index in [1.165, 1.54) is 12.7 Å². The second-order valence-corrected chi connectivity index (χ2v) is 9.25. The highest BCUT2D eigenvalue weighted by molar-refractivity contribution is 7.86. The number of rotatable bonds is 9. The Bertz CT molecular complexity index is 987. The van der Waals surface area contributed by atoms with Gasteiger partial charge in [0, 0.05) is 25.8 Å². The molecule has 1 aliphatic carbocycles. The van der Waals surface area contributed by atoms with E-state index in [-0.39, 0.29) is 0 Å². The van der Waals surface area contributed by atoms with Crippen molar-refractivity contribution in [2.24, 2.45) is 5.92 Å². The van der Waals surface area contributed by atoms with Crippen LogP contribution in [0.2, 0.25) is 0 Å². The van der Waals surface area contributed by atoms with Crippen molar-refractivity contribution in [3.63, 3.8) is 0 Å². The molecular weight excluding hydrogens is 406 g/mol. The van der Waals surface area contributed by atoms with Gasteiger partial charge < -0.3 is 19.3 Å². The molecule has 0 fully saturated rings. The van der Waals surface area contributed by atoms with E-state index >= 15 is 0 Å². The first-order valence-corrected chi connectivity index (χ1v) is 11.6. The predicted octanol–water partition coefficient (Wildman–Crippen LogP) is 2.88. The number of ether oxygens (including phenoxy) is 1. The predicted molar refractivity (Wildman–Crippen MR) is 114 cm³/mol. The van der Waals surface area contributed by atoms with Gasteiger partial charge in [0.05, 0.1) is 6.26 Å². The second kappa shape index (κ2) is 9.49. The van der Waals surface area contributed by atoms with Crippen LogP contribution in [0.25, 0.3) is 0 Å². The summed E-state index contributed by atoms with van der Waals surface area (Å²) in [5.41, 5.74) is 4.27. The lowest BCUT2D eigenvalue weighted by Gasteiger charge is -2.25. The van der Waals surface area contributed by atoms with E-state index in [9.17, 15) is 13.2 Å². The van der Waals surface area contributed by atoms with E-state index in [1.54, 1.807) is 6.07 Å². The van der Waals surface area contributed by atoms with Gasteiger partial charge in [-0.1, -0.05) is 18.2 Å². The number of methoxy groups -OCH3 is 1. The van der Waals surface area contributed by atoms with E-state index in [4.69, 9.17) is 14.0 Å². The van der Waals surface area contributed by atoms with E-state index in [2.05, 4.69) is 5.32 Å². The Morgan fingerprint density at radius 3 is 2.57 bits per heavy atom. The molecule has 2 aromatic rings. The molecule has 1 unspecified atom stereocenters. The van der Waals surface area contributed by atoms with Crippen molar-refractivity contribution in [3.8, 4) is 5.75 Å². The van der Waals surface area contributed by atoms with Crippen molar-refractivity contribution in [1.29, 1.82) is 0 Å². The molecule has 0 spiro atoms. The number of hydrogen-bond donors (Lipinski definition) is 2. The van der Waals surface area contributed by atoms with E-state index in [0.29, 0.717) is 18.1 Å². The van der Waals surface area contributed by atoms with Crippen molar-refractivity contribution in [2.75, 3.05) is 25.2 Å². The maximum absolute atomic E-state index is 11.3. The number of benzene rings is 2. The normalized spacial score (nSPS) is 17.1. The summed E-state index contributed by atoms with van der Waals surface area (Å²) < 4.78 is 32.5. The van der Waals surface area contributed by atoms with Crippen LogP contribution in [-0.2, 0) is 38.9 Å². The zero-order valence-corrected chi connectivity index (χ0v) is 17.9. The fraction of sp³-hybridized carbons (Fsp3) is 0.409. The van der Waals surface area contributed by atoms with Gasteiger partial charge in [-0.2, -0.15) is 8.42 Å². The summed E-state index contributed by atoms with van der Waals surface area (Å²) >= 11 is 0. The maximum Gasteiger partial charge on any atom is 0.333 e. The molecule has 162 valence electrons. The Morgan fingerprint density at radius 1 is 1.20 bits per heavy atom. The Labute approximate surface area is 177 Å². The number of aryl methyl sites for hydroxylation is 1. The molecule has 0 heterocycles. The first kappa shape index (κ1) is 22.1. The summed E-state index contributed by atoms with van der Waals surface area (Å²) in [5.74, 6) is -0.123. The van der Waals surface area contributed by atoms with Crippen LogP contribution in [0.5, 0.6) is 5.75 Å². The van der Waals surface area contributed by atoms with Gasteiger partial charge in [0.1, 0.15) is 5.75 Å². The summed E-state index contributed by atoms with van der Waals surface area (Å²) in [7, 11) is -2.12. The van der Waals surface area contributed by atoms with Crippen LogP contribution in [0.1, 0.15) is 23.1 Å². The van der Waals surface area contributed by atoms with Crippen LogP contribution in [0.4, 0.5) is 5.69 Å². The van der Waals surface area contributed by atoms with Crippen LogP contribution >= 0.6 is 0 Å². The molecule has 3 rings (SSSR count). The third-order valence-electron chi connectivity index (χ3n) is 5.29. The average molecular weight is 434 g/mol. The number of carboxylic acid groups (broad SMARTS) is 1. The molecule has 2 N–H and O–H groups in total. The summed E-state index contributed by atoms with van der Waals surface area (Å²) in [6, 6.07) is 13.2. The van der Waals surface area contributed by atoms with Gasteiger partial charge in [-0.25, -0.2) is 4.79 Å². The minimum atomic E-state index is -3.52. The summed E-state index contributed by atoms with van der Waals surface area (Å²) in [5, 5.41) is 12.5. The Hall–Kier alpha value is -2.58. The first-order chi connectivity index (χ1) is 14.2. The molecule has 2 aromatic carbocycles. The molecule has 0 amide bonds. The third-order valence-corrected chi connectivity index (χ3v) is 5.78. The summed E-state index contributed by atoms with van der Waals surface area (Å²) in [6.45, 7) is 0.830. The minimum absolute atomic E-state index is 0.330. The number of carbonyl (C=O) groups is 1. The third kappa shape index (κ3) is 6.21. The van der Waals surface area contributed by atoms with Crippen molar-refractivity contribution < 1.29 is 27.2 Å². The highest BCUT2D eigenvalue weighted by Gasteiger charge is 2.20.